The molecule has 2 aliphatic rings. The summed E-state index contributed by atoms with van der Waals surface area (Å²) in [6, 6.07) is 0.00413. The maximum absolute atomic E-state index is 11.9. The van der Waals surface area contributed by atoms with E-state index in [4.69, 9.17) is 5.11 Å². The van der Waals surface area contributed by atoms with Crippen LogP contribution in [0.3, 0.4) is 0 Å². The van der Waals surface area contributed by atoms with Gasteiger partial charge in [0.25, 0.3) is 0 Å². The molecule has 0 aromatic carbocycles. The van der Waals surface area contributed by atoms with Gasteiger partial charge in [0.1, 0.15) is 0 Å². The SMILES string of the molecule is CC1CC1CN(C)C(=O)NCC1CCC(C(=O)O)CC1. The second-order valence-electron chi connectivity index (χ2n) is 6.60. The molecule has 2 amide bonds. The van der Waals surface area contributed by atoms with Gasteiger partial charge in [0.2, 0.25) is 0 Å². The number of nitrogens with one attached hydrogen (secondary N) is 1. The molecule has 5 heteroatoms. The van der Waals surface area contributed by atoms with Crippen LogP contribution in [0, 0.1) is 23.7 Å². The van der Waals surface area contributed by atoms with E-state index in [1.165, 1.54) is 6.42 Å². The van der Waals surface area contributed by atoms with Gasteiger partial charge >= 0.3 is 12.0 Å². The average Bonchev–Trinajstić information content (AvgIpc) is 3.11. The van der Waals surface area contributed by atoms with Crippen LogP contribution in [0.15, 0.2) is 0 Å². The number of hydrogen-bond acceptors (Lipinski definition) is 2. The van der Waals surface area contributed by atoms with Gasteiger partial charge in [0.05, 0.1) is 5.92 Å². The van der Waals surface area contributed by atoms with Gasteiger partial charge in [-0.15, -0.1) is 0 Å². The van der Waals surface area contributed by atoms with Crippen molar-refractivity contribution in [3.05, 3.63) is 0 Å². The highest BCUT2D eigenvalue weighted by Crippen LogP contribution is 2.37. The summed E-state index contributed by atoms with van der Waals surface area (Å²) in [5, 5.41) is 11.9. The summed E-state index contributed by atoms with van der Waals surface area (Å²) in [6.07, 6.45) is 4.52. The second kappa shape index (κ2) is 6.46. The molecule has 0 radical (unpaired) electrons. The summed E-state index contributed by atoms with van der Waals surface area (Å²) in [5.74, 6) is 1.02. The zero-order chi connectivity index (χ0) is 14.7. The van der Waals surface area contributed by atoms with Crippen molar-refractivity contribution in [2.45, 2.75) is 39.0 Å². The van der Waals surface area contributed by atoms with Gasteiger partial charge in [-0.1, -0.05) is 6.92 Å². The van der Waals surface area contributed by atoms with Gasteiger partial charge in [0, 0.05) is 20.1 Å². The predicted octanol–water partition coefficient (Wildman–Crippen LogP) is 2.17. The van der Waals surface area contributed by atoms with Crippen molar-refractivity contribution in [3.8, 4) is 0 Å². The molecule has 0 spiro atoms. The topological polar surface area (TPSA) is 69.6 Å². The third-order valence-corrected chi connectivity index (χ3v) is 4.87. The first-order valence-corrected chi connectivity index (χ1v) is 7.69. The Morgan fingerprint density at radius 2 is 1.85 bits per heavy atom. The minimum Gasteiger partial charge on any atom is -0.481 e. The zero-order valence-electron chi connectivity index (χ0n) is 12.5. The van der Waals surface area contributed by atoms with E-state index in [1.54, 1.807) is 4.90 Å². The molecule has 2 aliphatic carbocycles. The summed E-state index contributed by atoms with van der Waals surface area (Å²) >= 11 is 0. The summed E-state index contributed by atoms with van der Waals surface area (Å²) in [4.78, 5) is 24.6. The maximum Gasteiger partial charge on any atom is 0.317 e. The van der Waals surface area contributed by atoms with E-state index in [-0.39, 0.29) is 11.9 Å². The van der Waals surface area contributed by atoms with Crippen LogP contribution in [0.4, 0.5) is 4.79 Å². The Balaban J connectivity index is 1.62. The number of nitrogens with zero attached hydrogens (tertiary/aromatic N) is 1. The molecule has 20 heavy (non-hydrogen) atoms. The van der Waals surface area contributed by atoms with Crippen molar-refractivity contribution in [2.75, 3.05) is 20.1 Å². The Morgan fingerprint density at radius 3 is 2.35 bits per heavy atom. The number of urea groups is 1. The fraction of sp³-hybridized carbons (Fsp3) is 0.867. The number of rotatable bonds is 5. The number of aliphatic carboxylic acids is 1. The smallest absolute Gasteiger partial charge is 0.317 e. The molecule has 2 rings (SSSR count). The number of carbonyl (C=O) groups is 2. The van der Waals surface area contributed by atoms with Crippen LogP contribution in [0.25, 0.3) is 0 Å². The summed E-state index contributed by atoms with van der Waals surface area (Å²) in [6.45, 7) is 3.74. The summed E-state index contributed by atoms with van der Waals surface area (Å²) in [5.41, 5.74) is 0. The summed E-state index contributed by atoms with van der Waals surface area (Å²) in [7, 11) is 1.85. The lowest BCUT2D eigenvalue weighted by atomic mass is 9.82. The highest BCUT2D eigenvalue weighted by molar-refractivity contribution is 5.73. The van der Waals surface area contributed by atoms with Gasteiger partial charge in [-0.2, -0.15) is 0 Å². The van der Waals surface area contributed by atoms with Crippen molar-refractivity contribution in [1.29, 1.82) is 0 Å². The Labute approximate surface area is 120 Å². The normalized spacial score (nSPS) is 32.5. The minimum atomic E-state index is -0.675. The molecule has 114 valence electrons. The van der Waals surface area contributed by atoms with Crippen LogP contribution in [-0.2, 0) is 4.79 Å². The van der Waals surface area contributed by atoms with E-state index in [0.29, 0.717) is 18.4 Å². The second-order valence-corrected chi connectivity index (χ2v) is 6.60. The van der Waals surface area contributed by atoms with Gasteiger partial charge < -0.3 is 15.3 Å². The van der Waals surface area contributed by atoms with Crippen LogP contribution in [-0.4, -0.2) is 42.1 Å². The van der Waals surface area contributed by atoms with E-state index in [0.717, 1.165) is 38.1 Å². The molecular formula is C15H26N2O3. The molecule has 2 unspecified atom stereocenters. The molecule has 0 aromatic rings. The lowest BCUT2D eigenvalue weighted by Crippen LogP contribution is -2.41. The fourth-order valence-electron chi connectivity index (χ4n) is 3.07. The van der Waals surface area contributed by atoms with Crippen molar-refractivity contribution < 1.29 is 14.7 Å². The lowest BCUT2D eigenvalue weighted by molar-refractivity contribution is -0.143. The van der Waals surface area contributed by atoms with Crippen LogP contribution in [0.2, 0.25) is 0 Å². The average molecular weight is 282 g/mol. The van der Waals surface area contributed by atoms with Gasteiger partial charge in [0.15, 0.2) is 0 Å². The molecule has 5 nitrogen and oxygen atoms in total. The largest absolute Gasteiger partial charge is 0.481 e. The van der Waals surface area contributed by atoms with Crippen molar-refractivity contribution >= 4 is 12.0 Å². The zero-order valence-corrected chi connectivity index (χ0v) is 12.5. The number of carboxylic acids is 1. The molecule has 2 N–H and O–H groups in total. The number of carboxylic acid groups (broad SMARTS) is 1. The minimum absolute atomic E-state index is 0.00413. The molecule has 2 fully saturated rings. The summed E-state index contributed by atoms with van der Waals surface area (Å²) < 4.78 is 0. The number of carbonyl (C=O) groups excluding carboxylic acids is 1. The first-order chi connectivity index (χ1) is 9.47. The quantitative estimate of drug-likeness (QED) is 0.812. The molecule has 0 heterocycles. The van der Waals surface area contributed by atoms with Crippen molar-refractivity contribution in [2.24, 2.45) is 23.7 Å². The molecule has 0 aromatic heterocycles. The molecule has 2 atom stereocenters. The van der Waals surface area contributed by atoms with E-state index in [9.17, 15) is 9.59 Å². The standard InChI is InChI=1S/C15H26N2O3/c1-10-7-13(10)9-17(2)15(20)16-8-11-3-5-12(6-4-11)14(18)19/h10-13H,3-9H2,1-2H3,(H,16,20)(H,18,19). The van der Waals surface area contributed by atoms with Crippen LogP contribution in [0.1, 0.15) is 39.0 Å². The third-order valence-electron chi connectivity index (χ3n) is 4.87. The number of hydrogen-bond donors (Lipinski definition) is 2. The van der Waals surface area contributed by atoms with Gasteiger partial charge in [-0.05, 0) is 49.9 Å². The predicted molar refractivity (Wildman–Crippen MR) is 76.4 cm³/mol. The number of amides is 2. The van der Waals surface area contributed by atoms with E-state index >= 15 is 0 Å². The van der Waals surface area contributed by atoms with Crippen LogP contribution in [0.5, 0.6) is 0 Å². The lowest BCUT2D eigenvalue weighted by Gasteiger charge is -2.27. The Morgan fingerprint density at radius 1 is 1.25 bits per heavy atom. The Kier molecular flexibility index (Phi) is 4.89. The molecular weight excluding hydrogens is 256 g/mol. The van der Waals surface area contributed by atoms with Gasteiger partial charge in [-0.3, -0.25) is 4.79 Å². The van der Waals surface area contributed by atoms with Crippen molar-refractivity contribution in [1.82, 2.24) is 10.2 Å². The Bertz CT molecular complexity index is 364. The molecule has 0 saturated heterocycles. The monoisotopic (exact) mass is 282 g/mol. The van der Waals surface area contributed by atoms with Gasteiger partial charge in [-0.25, -0.2) is 4.79 Å². The first kappa shape index (κ1) is 15.1. The first-order valence-electron chi connectivity index (χ1n) is 7.69. The fourth-order valence-corrected chi connectivity index (χ4v) is 3.07. The molecule has 0 bridgehead atoms. The molecule has 0 aliphatic heterocycles. The van der Waals surface area contributed by atoms with E-state index < -0.39 is 5.97 Å². The Hall–Kier alpha value is -1.26. The molecule has 2 saturated carbocycles. The maximum atomic E-state index is 11.9. The third kappa shape index (κ3) is 4.12. The highest BCUT2D eigenvalue weighted by atomic mass is 16.4. The van der Waals surface area contributed by atoms with Crippen molar-refractivity contribution in [3.63, 3.8) is 0 Å². The highest BCUT2D eigenvalue weighted by Gasteiger charge is 2.34. The van der Waals surface area contributed by atoms with E-state index in [1.807, 2.05) is 7.05 Å². The van der Waals surface area contributed by atoms with Crippen LogP contribution >= 0.6 is 0 Å². The van der Waals surface area contributed by atoms with E-state index in [2.05, 4.69) is 12.2 Å². The van der Waals surface area contributed by atoms with Crippen LogP contribution < -0.4 is 5.32 Å².